The summed E-state index contributed by atoms with van der Waals surface area (Å²) < 4.78 is 3.83. The van der Waals surface area contributed by atoms with Crippen LogP contribution in [0.1, 0.15) is 26.2 Å². The summed E-state index contributed by atoms with van der Waals surface area (Å²) in [7, 11) is 0. The van der Waals surface area contributed by atoms with Gasteiger partial charge in [0.1, 0.15) is 0 Å². The Morgan fingerprint density at radius 1 is 1.07 bits per heavy atom. The minimum Gasteiger partial charge on any atom is -0.473 e. The van der Waals surface area contributed by atoms with E-state index >= 15 is 0 Å². The van der Waals surface area contributed by atoms with Gasteiger partial charge in [0, 0.05) is 5.88 Å². The van der Waals surface area contributed by atoms with E-state index in [9.17, 15) is 0 Å². The van der Waals surface area contributed by atoms with Crippen LogP contribution in [-0.2, 0) is 0 Å². The van der Waals surface area contributed by atoms with E-state index in [4.69, 9.17) is 46.4 Å². The molecule has 0 fully saturated rings. The number of hydrogen-bond acceptors (Lipinski definition) is 1. The van der Waals surface area contributed by atoms with Crippen LogP contribution in [-0.4, -0.2) is 10.2 Å². The van der Waals surface area contributed by atoms with Crippen molar-refractivity contribution in [3.63, 3.8) is 0 Å². The summed E-state index contributed by atoms with van der Waals surface area (Å²) in [6.07, 6.45) is 6.98. The van der Waals surface area contributed by atoms with Gasteiger partial charge in [0.05, 0.1) is 12.5 Å². The van der Waals surface area contributed by atoms with Crippen molar-refractivity contribution in [1.29, 1.82) is 0 Å². The Labute approximate surface area is 112 Å². The highest BCUT2D eigenvalue weighted by Gasteiger charge is 1.79. The molecule has 0 aliphatic carbocycles. The Morgan fingerprint density at radius 3 is 1.67 bits per heavy atom. The van der Waals surface area contributed by atoms with Gasteiger partial charge < -0.3 is 4.42 Å². The van der Waals surface area contributed by atoms with Gasteiger partial charge in [-0.25, -0.2) is 0 Å². The molecule has 0 unspecified atom stereocenters. The molecule has 90 valence electrons. The lowest BCUT2D eigenvalue weighted by molar-refractivity contribution is 0.567. The van der Waals surface area contributed by atoms with Gasteiger partial charge in [-0.15, -0.1) is 11.6 Å². The molecule has 1 heterocycles. The van der Waals surface area contributed by atoms with Gasteiger partial charge >= 0.3 is 0 Å². The Bertz CT molecular complexity index is 142. The van der Waals surface area contributed by atoms with Gasteiger partial charge in [-0.1, -0.05) is 54.6 Å². The summed E-state index contributed by atoms with van der Waals surface area (Å²) in [5.74, 6) is 0.827. The molecule has 0 aliphatic rings. The number of rotatable bonds is 3. The molecule has 0 radical (unpaired) electrons. The fraction of sp³-hybridized carbons (Fsp3) is 0.600. The smallest absolute Gasteiger partial charge is 0.180 e. The third kappa shape index (κ3) is 31.4. The first kappa shape index (κ1) is 17.8. The molecule has 1 rings (SSSR count). The van der Waals surface area contributed by atoms with Crippen molar-refractivity contribution in [1.82, 2.24) is 0 Å². The summed E-state index contributed by atoms with van der Waals surface area (Å²) in [5.41, 5.74) is 0. The van der Waals surface area contributed by atoms with Crippen molar-refractivity contribution in [2.75, 3.05) is 5.88 Å². The molecule has 0 N–H and O–H groups in total. The lowest BCUT2D eigenvalue weighted by Gasteiger charge is -1.84. The third-order valence-electron chi connectivity index (χ3n) is 1.16. The maximum atomic E-state index is 5.38. The summed E-state index contributed by atoms with van der Waals surface area (Å²) >= 11 is 19.8. The second kappa shape index (κ2) is 16.9. The van der Waals surface area contributed by atoms with Crippen molar-refractivity contribution < 1.29 is 4.42 Å². The number of halogens is 4. The predicted molar refractivity (Wildman–Crippen MR) is 70.3 cm³/mol. The number of unbranched alkanes of at least 4 members (excludes halogenated alkanes) is 2. The van der Waals surface area contributed by atoms with E-state index in [1.807, 2.05) is 12.1 Å². The van der Waals surface area contributed by atoms with Crippen LogP contribution >= 0.6 is 46.4 Å². The van der Waals surface area contributed by atoms with Crippen LogP contribution in [0.4, 0.5) is 0 Å². The topological polar surface area (TPSA) is 13.1 Å². The van der Waals surface area contributed by atoms with Gasteiger partial charge in [0.25, 0.3) is 0 Å². The van der Waals surface area contributed by atoms with Crippen LogP contribution in [0.25, 0.3) is 0 Å². The summed E-state index contributed by atoms with van der Waals surface area (Å²) in [4.78, 5) is 0. The van der Waals surface area contributed by atoms with E-state index < -0.39 is 4.30 Å². The van der Waals surface area contributed by atoms with Crippen LogP contribution in [0.3, 0.4) is 0 Å². The quantitative estimate of drug-likeness (QED) is 0.516. The van der Waals surface area contributed by atoms with Crippen molar-refractivity contribution in [3.8, 4) is 0 Å². The monoisotopic (exact) mass is 292 g/mol. The van der Waals surface area contributed by atoms with E-state index in [0.29, 0.717) is 0 Å². The van der Waals surface area contributed by atoms with Crippen molar-refractivity contribution >= 4 is 46.4 Å². The Hall–Kier alpha value is 0.440. The first-order valence-electron chi connectivity index (χ1n) is 4.60. The molecule has 0 amide bonds. The maximum Gasteiger partial charge on any atom is 0.180 e. The molecule has 0 aromatic carbocycles. The molecule has 0 saturated heterocycles. The van der Waals surface area contributed by atoms with Crippen LogP contribution in [0.2, 0.25) is 0 Å². The summed E-state index contributed by atoms with van der Waals surface area (Å²) in [5, 5.41) is 0. The Kier molecular flexibility index (Phi) is 20.0. The second-order valence-electron chi connectivity index (χ2n) is 2.44. The fourth-order valence-electron chi connectivity index (χ4n) is 0.571. The lowest BCUT2D eigenvalue weighted by Crippen LogP contribution is -1.70. The summed E-state index contributed by atoms with van der Waals surface area (Å²) in [6.45, 7) is 2.17. The van der Waals surface area contributed by atoms with E-state index in [1.165, 1.54) is 19.3 Å². The molecule has 0 bridgehead atoms. The van der Waals surface area contributed by atoms with Crippen LogP contribution in [0.5, 0.6) is 0 Å². The average Bonchev–Trinajstić information content (AvgIpc) is 2.71. The molecule has 1 nitrogen and oxygen atoms in total. The second-order valence-corrected chi connectivity index (χ2v) is 4.79. The molecule has 0 aliphatic heterocycles. The van der Waals surface area contributed by atoms with E-state index in [0.717, 1.165) is 5.88 Å². The third-order valence-corrected chi connectivity index (χ3v) is 1.43. The molecular formula is C10H16Cl4O. The normalized spacial score (nSPS) is 8.67. The van der Waals surface area contributed by atoms with E-state index in [-0.39, 0.29) is 0 Å². The number of alkyl halides is 4. The Balaban J connectivity index is 0. The lowest BCUT2D eigenvalue weighted by atomic mass is 10.3. The zero-order valence-electron chi connectivity index (χ0n) is 8.64. The number of furan rings is 1. The fourth-order valence-corrected chi connectivity index (χ4v) is 0.760. The van der Waals surface area contributed by atoms with E-state index in [1.54, 1.807) is 12.5 Å². The SMILES string of the molecule is CCCCCCl.ClC(Cl)Cl.c1ccoc1. The highest BCUT2D eigenvalue weighted by molar-refractivity contribution is 6.63. The standard InChI is InChI=1S/C5H11Cl.C4H4O.CHCl3/c1-2-3-4-5-6;1-2-4-5-3-1;2-1(3)4/h2-5H2,1H3;1-4H;1H. The van der Waals surface area contributed by atoms with E-state index in [2.05, 4.69) is 11.3 Å². The van der Waals surface area contributed by atoms with Gasteiger partial charge in [-0.2, -0.15) is 0 Å². The zero-order chi connectivity index (χ0) is 11.9. The zero-order valence-corrected chi connectivity index (χ0v) is 11.7. The van der Waals surface area contributed by atoms with Crippen molar-refractivity contribution in [2.24, 2.45) is 0 Å². The maximum absolute atomic E-state index is 5.38. The molecular weight excluding hydrogens is 278 g/mol. The minimum atomic E-state index is -0.750. The van der Waals surface area contributed by atoms with Gasteiger partial charge in [0.15, 0.2) is 4.30 Å². The van der Waals surface area contributed by atoms with Gasteiger partial charge in [0.2, 0.25) is 0 Å². The minimum absolute atomic E-state index is 0.750. The highest BCUT2D eigenvalue weighted by Crippen LogP contribution is 2.03. The predicted octanol–water partition coefficient (Wildman–Crippen LogP) is 5.68. The van der Waals surface area contributed by atoms with Crippen LogP contribution < -0.4 is 0 Å². The molecule has 1 aromatic rings. The van der Waals surface area contributed by atoms with Gasteiger partial charge in [-0.05, 0) is 18.6 Å². The van der Waals surface area contributed by atoms with Gasteiger partial charge in [-0.3, -0.25) is 0 Å². The first-order valence-corrected chi connectivity index (χ1v) is 6.44. The first-order chi connectivity index (χ1) is 7.15. The molecule has 5 heteroatoms. The molecule has 0 saturated carbocycles. The Morgan fingerprint density at radius 2 is 1.53 bits per heavy atom. The van der Waals surface area contributed by atoms with Crippen molar-refractivity contribution in [3.05, 3.63) is 24.7 Å². The molecule has 0 atom stereocenters. The van der Waals surface area contributed by atoms with Crippen LogP contribution in [0, 0.1) is 0 Å². The molecule has 0 spiro atoms. The largest absolute Gasteiger partial charge is 0.473 e. The summed E-state index contributed by atoms with van der Waals surface area (Å²) in [6, 6.07) is 3.67. The number of hydrogen-bond donors (Lipinski definition) is 0. The van der Waals surface area contributed by atoms with Crippen molar-refractivity contribution in [2.45, 2.75) is 30.5 Å². The molecule has 1 aromatic heterocycles. The van der Waals surface area contributed by atoms with Crippen LogP contribution in [0.15, 0.2) is 29.1 Å². The highest BCUT2D eigenvalue weighted by atomic mass is 35.6. The average molecular weight is 294 g/mol. The molecule has 15 heavy (non-hydrogen) atoms.